The van der Waals surface area contributed by atoms with Crippen molar-refractivity contribution in [2.45, 2.75) is 32.6 Å². The highest BCUT2D eigenvalue weighted by Gasteiger charge is 2.41. The Labute approximate surface area is 249 Å². The SMILES string of the molecule is Cc1ccc(OCCCN2CCN(C(=O)c3ccc4ccccc4n3)CC2)c2c1NC(=O)C2(C)C.O=C(O)C=CC(=O)O. The summed E-state index contributed by atoms with van der Waals surface area (Å²) in [5.41, 5.74) is 3.65. The Morgan fingerprint density at radius 1 is 0.977 bits per heavy atom. The normalized spacial score (nSPS) is 15.9. The maximum absolute atomic E-state index is 13.0. The van der Waals surface area contributed by atoms with Crippen molar-refractivity contribution >= 4 is 40.3 Å². The van der Waals surface area contributed by atoms with Gasteiger partial charge in [0.15, 0.2) is 0 Å². The lowest BCUT2D eigenvalue weighted by Gasteiger charge is -2.34. The summed E-state index contributed by atoms with van der Waals surface area (Å²) in [5.74, 6) is -1.72. The molecule has 2 aliphatic heterocycles. The first-order valence-corrected chi connectivity index (χ1v) is 14.1. The van der Waals surface area contributed by atoms with E-state index >= 15 is 0 Å². The van der Waals surface area contributed by atoms with E-state index in [1.807, 2.05) is 74.2 Å². The van der Waals surface area contributed by atoms with E-state index < -0.39 is 17.4 Å². The van der Waals surface area contributed by atoms with Gasteiger partial charge in [0.2, 0.25) is 5.91 Å². The molecule has 1 fully saturated rings. The molecule has 226 valence electrons. The fourth-order valence-corrected chi connectivity index (χ4v) is 5.11. The maximum atomic E-state index is 13.0. The van der Waals surface area contributed by atoms with Crippen LogP contribution in [0, 0.1) is 6.92 Å². The lowest BCUT2D eigenvalue weighted by atomic mass is 9.85. The first-order chi connectivity index (χ1) is 20.5. The highest BCUT2D eigenvalue weighted by molar-refractivity contribution is 6.07. The second-order valence-electron chi connectivity index (χ2n) is 10.9. The number of anilines is 1. The van der Waals surface area contributed by atoms with Crippen LogP contribution in [-0.2, 0) is 19.8 Å². The second-order valence-corrected chi connectivity index (χ2v) is 10.9. The van der Waals surface area contributed by atoms with Gasteiger partial charge in [-0.15, -0.1) is 0 Å². The molecule has 0 unspecified atom stereocenters. The molecule has 1 saturated heterocycles. The van der Waals surface area contributed by atoms with Gasteiger partial charge in [0.1, 0.15) is 11.4 Å². The van der Waals surface area contributed by atoms with Crippen LogP contribution >= 0.6 is 0 Å². The number of hydrogen-bond donors (Lipinski definition) is 3. The third-order valence-electron chi connectivity index (χ3n) is 7.53. The Morgan fingerprint density at radius 3 is 2.33 bits per heavy atom. The predicted molar refractivity (Wildman–Crippen MR) is 161 cm³/mol. The van der Waals surface area contributed by atoms with Crippen molar-refractivity contribution in [3.63, 3.8) is 0 Å². The van der Waals surface area contributed by atoms with Gasteiger partial charge in [-0.05, 0) is 51.0 Å². The molecule has 2 aromatic carbocycles. The molecule has 5 rings (SSSR count). The minimum absolute atomic E-state index is 0.00210. The molecule has 11 nitrogen and oxygen atoms in total. The minimum Gasteiger partial charge on any atom is -0.493 e. The number of para-hydroxylation sites is 1. The fourth-order valence-electron chi connectivity index (χ4n) is 5.11. The Morgan fingerprint density at radius 2 is 1.65 bits per heavy atom. The number of carbonyl (C=O) groups excluding carboxylic acids is 2. The first-order valence-electron chi connectivity index (χ1n) is 14.1. The maximum Gasteiger partial charge on any atom is 0.328 e. The van der Waals surface area contributed by atoms with Crippen LogP contribution in [0.4, 0.5) is 5.69 Å². The van der Waals surface area contributed by atoms with E-state index in [4.69, 9.17) is 14.9 Å². The molecule has 0 saturated carbocycles. The average Bonchev–Trinajstić information content (AvgIpc) is 3.24. The van der Waals surface area contributed by atoms with Crippen molar-refractivity contribution in [2.24, 2.45) is 0 Å². The summed E-state index contributed by atoms with van der Waals surface area (Å²) in [6, 6.07) is 15.6. The number of fused-ring (bicyclic) bond motifs is 2. The van der Waals surface area contributed by atoms with Crippen LogP contribution in [0.3, 0.4) is 0 Å². The standard InChI is InChI=1S/C28H32N4O3.C4H4O4/c1-19-9-12-23(24-25(19)30-27(34)28(24,2)3)35-18-6-13-31-14-16-32(17-15-31)26(33)22-11-10-20-7-4-5-8-21(20)29-22;5-3(6)1-2-4(7)8/h4-5,7-12H,6,13-18H2,1-3H3,(H,30,34);1-2H,(H,5,6)(H,7,8). The zero-order chi connectivity index (χ0) is 31.1. The molecular weight excluding hydrogens is 552 g/mol. The van der Waals surface area contributed by atoms with Crippen molar-refractivity contribution < 1.29 is 34.1 Å². The summed E-state index contributed by atoms with van der Waals surface area (Å²) in [6.45, 7) is 10.4. The number of nitrogens with one attached hydrogen (secondary N) is 1. The van der Waals surface area contributed by atoms with Crippen LogP contribution in [0.15, 0.2) is 60.7 Å². The third kappa shape index (κ3) is 7.55. The minimum atomic E-state index is -1.26. The van der Waals surface area contributed by atoms with Crippen molar-refractivity contribution in [2.75, 3.05) is 44.6 Å². The van der Waals surface area contributed by atoms with E-state index in [1.165, 1.54) is 0 Å². The quantitative estimate of drug-likeness (QED) is 0.264. The molecule has 3 heterocycles. The molecule has 2 amide bonds. The molecule has 43 heavy (non-hydrogen) atoms. The molecule has 3 aromatic rings. The van der Waals surface area contributed by atoms with Gasteiger partial charge in [-0.1, -0.05) is 30.3 Å². The molecular formula is C32H36N4O7. The monoisotopic (exact) mass is 588 g/mol. The number of aromatic nitrogens is 1. The lowest BCUT2D eigenvalue weighted by Crippen LogP contribution is -2.49. The Bertz CT molecular complexity index is 1540. The van der Waals surface area contributed by atoms with Crippen molar-refractivity contribution in [3.8, 4) is 5.75 Å². The van der Waals surface area contributed by atoms with Crippen LogP contribution in [-0.4, -0.2) is 88.1 Å². The molecule has 3 N–H and O–H groups in total. The zero-order valence-corrected chi connectivity index (χ0v) is 24.5. The highest BCUT2D eigenvalue weighted by atomic mass is 16.5. The number of carboxylic acid groups (broad SMARTS) is 2. The number of carbonyl (C=O) groups is 4. The van der Waals surface area contributed by atoms with E-state index in [-0.39, 0.29) is 11.8 Å². The zero-order valence-electron chi connectivity index (χ0n) is 24.5. The summed E-state index contributed by atoms with van der Waals surface area (Å²) < 4.78 is 6.14. The number of nitrogens with zero attached hydrogens (tertiary/aromatic N) is 3. The fraction of sp³-hybridized carbons (Fsp3) is 0.344. The number of ether oxygens (including phenoxy) is 1. The number of aryl methyl sites for hydroxylation is 1. The van der Waals surface area contributed by atoms with E-state index in [9.17, 15) is 19.2 Å². The number of rotatable bonds is 8. The van der Waals surface area contributed by atoms with Crippen LogP contribution in [0.1, 0.15) is 41.9 Å². The van der Waals surface area contributed by atoms with Crippen molar-refractivity contribution in [1.29, 1.82) is 0 Å². The van der Waals surface area contributed by atoms with E-state index in [0.29, 0.717) is 37.5 Å². The van der Waals surface area contributed by atoms with Crippen molar-refractivity contribution in [3.05, 3.63) is 77.5 Å². The Balaban J connectivity index is 0.000000467. The van der Waals surface area contributed by atoms with Crippen LogP contribution < -0.4 is 10.1 Å². The lowest BCUT2D eigenvalue weighted by molar-refractivity contribution is -0.134. The predicted octanol–water partition coefficient (Wildman–Crippen LogP) is 3.71. The topological polar surface area (TPSA) is 149 Å². The number of benzene rings is 2. The molecule has 1 aromatic heterocycles. The van der Waals surface area contributed by atoms with Crippen molar-refractivity contribution in [1.82, 2.24) is 14.8 Å². The van der Waals surface area contributed by atoms with Crippen LogP contribution in [0.25, 0.3) is 10.9 Å². The average molecular weight is 589 g/mol. The molecule has 0 spiro atoms. The van der Waals surface area contributed by atoms with Gasteiger partial charge < -0.3 is 25.2 Å². The molecule has 0 atom stereocenters. The summed E-state index contributed by atoms with van der Waals surface area (Å²) >= 11 is 0. The van der Waals surface area contributed by atoms with Crippen LogP contribution in [0.2, 0.25) is 0 Å². The van der Waals surface area contributed by atoms with E-state index in [2.05, 4.69) is 15.2 Å². The first kappa shape index (κ1) is 31.2. The van der Waals surface area contributed by atoms with E-state index in [1.54, 1.807) is 0 Å². The van der Waals surface area contributed by atoms with Gasteiger partial charge in [-0.3, -0.25) is 14.5 Å². The number of carboxylic acids is 2. The number of pyridine rings is 1. The van der Waals surface area contributed by atoms with E-state index in [0.717, 1.165) is 59.5 Å². The smallest absolute Gasteiger partial charge is 0.328 e. The largest absolute Gasteiger partial charge is 0.493 e. The third-order valence-corrected chi connectivity index (χ3v) is 7.53. The van der Waals surface area contributed by atoms with Crippen LogP contribution in [0.5, 0.6) is 5.75 Å². The van der Waals surface area contributed by atoms with Gasteiger partial charge in [0.05, 0.1) is 23.2 Å². The summed E-state index contributed by atoms with van der Waals surface area (Å²) in [4.78, 5) is 53.3. The summed E-state index contributed by atoms with van der Waals surface area (Å²) in [6.07, 6.45) is 2.00. The van der Waals surface area contributed by atoms with Gasteiger partial charge in [-0.2, -0.15) is 0 Å². The number of piperazine rings is 1. The molecule has 11 heteroatoms. The summed E-state index contributed by atoms with van der Waals surface area (Å²) in [7, 11) is 0. The molecule has 0 bridgehead atoms. The number of amides is 2. The number of aliphatic carboxylic acids is 2. The number of hydrogen-bond acceptors (Lipinski definition) is 7. The Kier molecular flexibility index (Phi) is 9.77. The molecule has 0 aliphatic carbocycles. The van der Waals surface area contributed by atoms with Gasteiger partial charge in [-0.25, -0.2) is 14.6 Å². The molecule has 0 radical (unpaired) electrons. The van der Waals surface area contributed by atoms with Gasteiger partial charge in [0.25, 0.3) is 5.91 Å². The second kappa shape index (κ2) is 13.5. The van der Waals surface area contributed by atoms with Gasteiger partial charge >= 0.3 is 11.9 Å². The highest BCUT2D eigenvalue weighted by Crippen LogP contribution is 2.45. The van der Waals surface area contributed by atoms with Gasteiger partial charge in [0, 0.05) is 55.8 Å². The summed E-state index contributed by atoms with van der Waals surface area (Å²) in [5, 5.41) is 19.7. The Hall–Kier alpha value is -4.77. The molecule has 2 aliphatic rings.